The van der Waals surface area contributed by atoms with Crippen LogP contribution in [0.5, 0.6) is 0 Å². The molecule has 0 spiro atoms. The molecule has 0 aliphatic rings. The lowest BCUT2D eigenvalue weighted by Crippen LogP contribution is -2.25. The van der Waals surface area contributed by atoms with Crippen LogP contribution in [-0.2, 0) is 13.1 Å². The highest BCUT2D eigenvalue weighted by Crippen LogP contribution is 2.21. The van der Waals surface area contributed by atoms with Gasteiger partial charge >= 0.3 is 0 Å². The van der Waals surface area contributed by atoms with E-state index < -0.39 is 0 Å². The van der Waals surface area contributed by atoms with Gasteiger partial charge < -0.3 is 10.2 Å². The van der Waals surface area contributed by atoms with Crippen molar-refractivity contribution in [3.8, 4) is 0 Å². The molecule has 0 unspecified atom stereocenters. The zero-order valence-corrected chi connectivity index (χ0v) is 12.4. The Kier molecular flexibility index (Phi) is 5.36. The molecule has 19 heavy (non-hydrogen) atoms. The number of thiophene rings is 1. The van der Waals surface area contributed by atoms with E-state index >= 15 is 0 Å². The van der Waals surface area contributed by atoms with Crippen molar-refractivity contribution < 1.29 is 0 Å². The second-order valence-electron chi connectivity index (χ2n) is 4.36. The fraction of sp³-hybridized carbons (Fsp3) is 0.400. The molecule has 2 aromatic heterocycles. The van der Waals surface area contributed by atoms with Gasteiger partial charge in [-0.1, -0.05) is 19.1 Å². The summed E-state index contributed by atoms with van der Waals surface area (Å²) in [6, 6.07) is 8.45. The summed E-state index contributed by atoms with van der Waals surface area (Å²) < 4.78 is 0. The number of hydrogen-bond donors (Lipinski definition) is 1. The summed E-state index contributed by atoms with van der Waals surface area (Å²) in [4.78, 5) is 8.28. The van der Waals surface area contributed by atoms with Crippen LogP contribution in [0, 0.1) is 0 Å². The zero-order chi connectivity index (χ0) is 13.5. The summed E-state index contributed by atoms with van der Waals surface area (Å²) in [5.41, 5.74) is 1.27. The van der Waals surface area contributed by atoms with Gasteiger partial charge in [0.05, 0.1) is 6.54 Å². The third kappa shape index (κ3) is 3.78. The van der Waals surface area contributed by atoms with Gasteiger partial charge in [-0.3, -0.25) is 0 Å². The maximum absolute atomic E-state index is 4.57. The number of nitrogens with zero attached hydrogens (tertiary/aromatic N) is 2. The third-order valence-corrected chi connectivity index (χ3v) is 3.90. The Bertz CT molecular complexity index is 482. The lowest BCUT2D eigenvalue weighted by molar-refractivity contribution is 0.714. The van der Waals surface area contributed by atoms with E-state index in [9.17, 15) is 0 Å². The molecule has 0 radical (unpaired) electrons. The van der Waals surface area contributed by atoms with Crippen LogP contribution in [0.15, 0.2) is 35.8 Å². The predicted molar refractivity (Wildman–Crippen MR) is 82.7 cm³/mol. The first-order valence-electron chi connectivity index (χ1n) is 6.77. The van der Waals surface area contributed by atoms with Gasteiger partial charge in [0, 0.05) is 29.7 Å². The molecule has 2 aromatic rings. The Morgan fingerprint density at radius 2 is 2.16 bits per heavy atom. The molecular formula is C15H21N3S. The molecule has 4 heteroatoms. The molecule has 0 aromatic carbocycles. The topological polar surface area (TPSA) is 28.2 Å². The summed E-state index contributed by atoms with van der Waals surface area (Å²) in [6.07, 6.45) is 1.88. The zero-order valence-electron chi connectivity index (χ0n) is 11.6. The molecule has 3 nitrogen and oxygen atoms in total. The van der Waals surface area contributed by atoms with E-state index in [4.69, 9.17) is 0 Å². The van der Waals surface area contributed by atoms with Gasteiger partial charge in [0.1, 0.15) is 5.82 Å². The van der Waals surface area contributed by atoms with E-state index in [0.717, 1.165) is 32.0 Å². The quantitative estimate of drug-likeness (QED) is 0.840. The van der Waals surface area contributed by atoms with Crippen molar-refractivity contribution in [3.63, 3.8) is 0 Å². The highest BCUT2D eigenvalue weighted by Gasteiger charge is 2.11. The van der Waals surface area contributed by atoms with Crippen molar-refractivity contribution in [3.05, 3.63) is 46.3 Å². The Balaban J connectivity index is 2.17. The third-order valence-electron chi connectivity index (χ3n) is 3.04. The van der Waals surface area contributed by atoms with E-state index in [1.54, 1.807) is 11.3 Å². The molecule has 0 saturated heterocycles. The summed E-state index contributed by atoms with van der Waals surface area (Å²) in [6.45, 7) is 8.06. The standard InChI is InChI=1S/C15H21N3S/c1-3-16-11-13-7-5-9-17-15(13)18(4-2)12-14-8-6-10-19-14/h5-10,16H,3-4,11-12H2,1-2H3. The molecule has 0 bridgehead atoms. The van der Waals surface area contributed by atoms with Crippen molar-refractivity contribution in [1.29, 1.82) is 0 Å². The number of hydrogen-bond acceptors (Lipinski definition) is 4. The SMILES string of the molecule is CCNCc1cccnc1N(CC)Cc1cccs1. The van der Waals surface area contributed by atoms with Gasteiger partial charge in [0.2, 0.25) is 0 Å². The van der Waals surface area contributed by atoms with E-state index in [0.29, 0.717) is 0 Å². The fourth-order valence-corrected chi connectivity index (χ4v) is 2.76. The van der Waals surface area contributed by atoms with Gasteiger partial charge in [-0.15, -0.1) is 11.3 Å². The number of rotatable bonds is 7. The molecular weight excluding hydrogens is 254 g/mol. The Labute approximate surface area is 119 Å². The largest absolute Gasteiger partial charge is 0.351 e. The highest BCUT2D eigenvalue weighted by atomic mass is 32.1. The average Bonchev–Trinajstić information content (AvgIpc) is 2.96. The summed E-state index contributed by atoms with van der Waals surface area (Å²) in [5, 5.41) is 5.50. The number of anilines is 1. The summed E-state index contributed by atoms with van der Waals surface area (Å²) >= 11 is 1.80. The molecule has 102 valence electrons. The van der Waals surface area contributed by atoms with Gasteiger partial charge in [-0.25, -0.2) is 4.98 Å². The van der Waals surface area contributed by atoms with Gasteiger partial charge in [0.15, 0.2) is 0 Å². The predicted octanol–water partition coefficient (Wildman–Crippen LogP) is 3.28. The molecule has 0 atom stereocenters. The van der Waals surface area contributed by atoms with E-state index in [2.05, 4.69) is 52.6 Å². The van der Waals surface area contributed by atoms with Crippen LogP contribution < -0.4 is 10.2 Å². The lowest BCUT2D eigenvalue weighted by Gasteiger charge is -2.24. The minimum Gasteiger partial charge on any atom is -0.351 e. The Morgan fingerprint density at radius 1 is 1.26 bits per heavy atom. The minimum atomic E-state index is 0.876. The molecule has 0 aliphatic heterocycles. The first-order valence-corrected chi connectivity index (χ1v) is 7.65. The Hall–Kier alpha value is -1.39. The number of nitrogens with one attached hydrogen (secondary N) is 1. The molecule has 0 aliphatic carbocycles. The molecule has 0 fully saturated rings. The molecule has 0 amide bonds. The van der Waals surface area contributed by atoms with Crippen molar-refractivity contribution in [2.75, 3.05) is 18.0 Å². The minimum absolute atomic E-state index is 0.876. The van der Waals surface area contributed by atoms with E-state index in [1.165, 1.54) is 10.4 Å². The van der Waals surface area contributed by atoms with Crippen LogP contribution >= 0.6 is 11.3 Å². The fourth-order valence-electron chi connectivity index (χ4n) is 2.04. The maximum atomic E-state index is 4.57. The molecule has 2 heterocycles. The molecule has 2 rings (SSSR count). The van der Waals surface area contributed by atoms with Crippen molar-refractivity contribution >= 4 is 17.2 Å². The van der Waals surface area contributed by atoms with E-state index in [-0.39, 0.29) is 0 Å². The maximum Gasteiger partial charge on any atom is 0.133 e. The second-order valence-corrected chi connectivity index (χ2v) is 5.39. The molecule has 1 N–H and O–H groups in total. The highest BCUT2D eigenvalue weighted by molar-refractivity contribution is 7.09. The van der Waals surface area contributed by atoms with Crippen molar-refractivity contribution in [2.45, 2.75) is 26.9 Å². The smallest absolute Gasteiger partial charge is 0.133 e. The van der Waals surface area contributed by atoms with Crippen LogP contribution in [0.4, 0.5) is 5.82 Å². The van der Waals surface area contributed by atoms with Crippen LogP contribution in [0.1, 0.15) is 24.3 Å². The first kappa shape index (κ1) is 14.0. The normalized spacial score (nSPS) is 10.6. The molecule has 0 saturated carbocycles. The first-order chi connectivity index (χ1) is 9.35. The van der Waals surface area contributed by atoms with Crippen molar-refractivity contribution in [2.24, 2.45) is 0 Å². The van der Waals surface area contributed by atoms with Gasteiger partial charge in [0.25, 0.3) is 0 Å². The van der Waals surface area contributed by atoms with Crippen LogP contribution in [0.2, 0.25) is 0 Å². The van der Waals surface area contributed by atoms with Gasteiger partial charge in [-0.2, -0.15) is 0 Å². The number of pyridine rings is 1. The van der Waals surface area contributed by atoms with Gasteiger partial charge in [-0.05, 0) is 31.0 Å². The summed E-state index contributed by atoms with van der Waals surface area (Å²) in [7, 11) is 0. The average molecular weight is 275 g/mol. The Morgan fingerprint density at radius 3 is 2.84 bits per heavy atom. The lowest BCUT2D eigenvalue weighted by atomic mass is 10.2. The van der Waals surface area contributed by atoms with Crippen LogP contribution in [0.3, 0.4) is 0 Å². The monoisotopic (exact) mass is 275 g/mol. The van der Waals surface area contributed by atoms with E-state index in [1.807, 2.05) is 12.3 Å². The second kappa shape index (κ2) is 7.26. The van der Waals surface area contributed by atoms with Crippen molar-refractivity contribution in [1.82, 2.24) is 10.3 Å². The van der Waals surface area contributed by atoms with Crippen LogP contribution in [0.25, 0.3) is 0 Å². The summed E-state index contributed by atoms with van der Waals surface area (Å²) in [5.74, 6) is 1.10. The van der Waals surface area contributed by atoms with Crippen LogP contribution in [-0.4, -0.2) is 18.1 Å². The number of aromatic nitrogens is 1.